The molecule has 1 saturated heterocycles. The molecule has 6 nitrogen and oxygen atoms in total. The summed E-state index contributed by atoms with van der Waals surface area (Å²) >= 11 is 11.9. The first-order chi connectivity index (χ1) is 18.4. The van der Waals surface area contributed by atoms with Gasteiger partial charge in [-0.15, -0.1) is 0 Å². The Morgan fingerprint density at radius 1 is 1.23 bits per heavy atom. The number of esters is 1. The van der Waals surface area contributed by atoms with Gasteiger partial charge in [0.2, 0.25) is 0 Å². The molecule has 0 unspecified atom stereocenters. The standard InChI is InChI=1S/C29H31Cl2F2NO5/c1-26-8-7-19(35)10-22(26)23(32)11-21-20-9-17-14-34(13-16-3-5-18(31)6-4-16)39-29(17,25(37)38-15-30)27(20,2)12-24(36)28(21,26)33/h3-8,10,17,20-21,23-24,36H,9,11-15H2,1-2H3/t17-,20-,21-,23-,24-,26-,27-,28-,29-/m0/s1. The highest BCUT2D eigenvalue weighted by molar-refractivity contribution is 6.30. The smallest absolute Gasteiger partial charge is 0.342 e. The first kappa shape index (κ1) is 27.3. The summed E-state index contributed by atoms with van der Waals surface area (Å²) in [7, 11) is 0. The number of ether oxygens (including phenoxy) is 1. The monoisotopic (exact) mass is 581 g/mol. The van der Waals surface area contributed by atoms with Crippen molar-refractivity contribution in [1.29, 1.82) is 0 Å². The molecule has 0 aromatic heterocycles. The zero-order valence-corrected chi connectivity index (χ0v) is 23.2. The summed E-state index contributed by atoms with van der Waals surface area (Å²) in [5.41, 5.74) is -5.33. The highest BCUT2D eigenvalue weighted by atomic mass is 35.5. The Kier molecular flexibility index (Phi) is 6.37. The molecule has 9 atom stereocenters. The van der Waals surface area contributed by atoms with Crippen molar-refractivity contribution < 1.29 is 33.1 Å². The Hall–Kier alpha value is -1.84. The van der Waals surface area contributed by atoms with E-state index in [0.29, 0.717) is 24.5 Å². The number of aliphatic hydroxyl groups is 1. The minimum atomic E-state index is -2.23. The van der Waals surface area contributed by atoms with Crippen LogP contribution in [0.2, 0.25) is 5.02 Å². The van der Waals surface area contributed by atoms with Gasteiger partial charge in [0.15, 0.2) is 23.1 Å². The van der Waals surface area contributed by atoms with E-state index in [-0.39, 0.29) is 24.5 Å². The summed E-state index contributed by atoms with van der Waals surface area (Å²) in [6.07, 6.45) is 0.819. The number of halogens is 4. The van der Waals surface area contributed by atoms with Crippen LogP contribution in [-0.4, -0.2) is 58.1 Å². The Labute approximate surface area is 235 Å². The van der Waals surface area contributed by atoms with E-state index in [2.05, 4.69) is 0 Å². The van der Waals surface area contributed by atoms with E-state index in [1.165, 1.54) is 18.2 Å². The van der Waals surface area contributed by atoms with Crippen LogP contribution in [0, 0.1) is 28.6 Å². The second kappa shape index (κ2) is 9.08. The summed E-state index contributed by atoms with van der Waals surface area (Å²) in [5, 5.41) is 13.9. The molecule has 3 saturated carbocycles. The highest BCUT2D eigenvalue weighted by Gasteiger charge is 2.80. The van der Waals surface area contributed by atoms with Gasteiger partial charge < -0.3 is 9.84 Å². The number of carbonyl (C=O) groups excluding carboxylic acids is 2. The van der Waals surface area contributed by atoms with Crippen molar-refractivity contribution in [2.24, 2.45) is 28.6 Å². The van der Waals surface area contributed by atoms with Crippen LogP contribution in [0.5, 0.6) is 0 Å². The van der Waals surface area contributed by atoms with Gasteiger partial charge in [0, 0.05) is 40.8 Å². The van der Waals surface area contributed by atoms with Crippen molar-refractivity contribution in [2.45, 2.75) is 63.2 Å². The number of aliphatic hydroxyl groups excluding tert-OH is 1. The maximum Gasteiger partial charge on any atom is 0.342 e. The second-order valence-electron chi connectivity index (χ2n) is 12.1. The van der Waals surface area contributed by atoms with Crippen molar-refractivity contribution >= 4 is 35.0 Å². The number of fused-ring (bicyclic) bond motifs is 7. The number of hydrogen-bond acceptors (Lipinski definition) is 6. The molecule has 1 aliphatic heterocycles. The number of benzene rings is 1. The van der Waals surface area contributed by atoms with Gasteiger partial charge in [0.1, 0.15) is 6.17 Å². The van der Waals surface area contributed by atoms with Gasteiger partial charge >= 0.3 is 5.97 Å². The van der Waals surface area contributed by atoms with E-state index in [9.17, 15) is 14.7 Å². The first-order valence-electron chi connectivity index (χ1n) is 13.3. The minimum Gasteiger partial charge on any atom is -0.447 e. The number of rotatable bonds is 4. The van der Waals surface area contributed by atoms with Gasteiger partial charge in [-0.25, -0.2) is 13.6 Å². The Morgan fingerprint density at radius 3 is 2.64 bits per heavy atom. The number of nitrogens with zero attached hydrogens (tertiary/aromatic N) is 1. The van der Waals surface area contributed by atoms with Gasteiger partial charge in [0.05, 0.1) is 6.10 Å². The molecule has 210 valence electrons. The molecule has 4 aliphatic carbocycles. The quantitative estimate of drug-likeness (QED) is 0.393. The molecule has 1 N–H and O–H groups in total. The molecule has 5 aliphatic rings. The minimum absolute atomic E-state index is 0.0660. The lowest BCUT2D eigenvalue weighted by atomic mass is 9.44. The van der Waals surface area contributed by atoms with E-state index in [0.717, 1.165) is 5.56 Å². The zero-order chi connectivity index (χ0) is 28.0. The van der Waals surface area contributed by atoms with Crippen molar-refractivity contribution in [3.05, 3.63) is 58.7 Å². The number of alkyl halides is 3. The molecular formula is C29H31Cl2F2NO5. The van der Waals surface area contributed by atoms with Gasteiger partial charge in [0.25, 0.3) is 0 Å². The Bertz CT molecular complexity index is 1270. The first-order valence-corrected chi connectivity index (χ1v) is 14.2. The number of ketones is 1. The topological polar surface area (TPSA) is 76.1 Å². The van der Waals surface area contributed by atoms with Gasteiger partial charge in [-0.1, -0.05) is 48.3 Å². The van der Waals surface area contributed by atoms with E-state index < -0.39 is 63.9 Å². The van der Waals surface area contributed by atoms with Gasteiger partial charge in [-0.2, -0.15) is 5.06 Å². The number of hydrogen-bond donors (Lipinski definition) is 1. The molecule has 1 heterocycles. The van der Waals surface area contributed by atoms with Crippen molar-refractivity contribution in [2.75, 3.05) is 12.6 Å². The summed E-state index contributed by atoms with van der Waals surface area (Å²) in [4.78, 5) is 32.3. The van der Waals surface area contributed by atoms with E-state index >= 15 is 8.78 Å². The molecule has 0 radical (unpaired) electrons. The maximum absolute atomic E-state index is 17.5. The fourth-order valence-electron chi connectivity index (χ4n) is 8.71. The number of hydroxylamine groups is 2. The lowest BCUT2D eigenvalue weighted by molar-refractivity contribution is -0.277. The molecule has 0 amide bonds. The predicted octanol–water partition coefficient (Wildman–Crippen LogP) is 5.11. The molecule has 39 heavy (non-hydrogen) atoms. The molecule has 0 spiro atoms. The zero-order valence-electron chi connectivity index (χ0n) is 21.7. The van der Waals surface area contributed by atoms with Crippen LogP contribution in [-0.2, 0) is 25.7 Å². The molecular weight excluding hydrogens is 551 g/mol. The molecule has 0 bridgehead atoms. The van der Waals surface area contributed by atoms with Gasteiger partial charge in [-0.05, 0) is 67.5 Å². The summed E-state index contributed by atoms with van der Waals surface area (Å²) in [5.74, 6) is -2.85. The highest BCUT2D eigenvalue weighted by Crippen LogP contribution is 2.72. The third kappa shape index (κ3) is 3.54. The van der Waals surface area contributed by atoms with Crippen LogP contribution in [0.1, 0.15) is 38.7 Å². The lowest BCUT2D eigenvalue weighted by Crippen LogP contribution is -2.70. The number of carbonyl (C=O) groups is 2. The third-order valence-corrected chi connectivity index (χ3v) is 10.8. The van der Waals surface area contributed by atoms with Crippen LogP contribution < -0.4 is 0 Å². The molecule has 6 rings (SSSR count). The maximum atomic E-state index is 17.5. The molecule has 4 fully saturated rings. The SMILES string of the molecule is C[C@]12C=CC(=O)C=C1[C@@H](F)C[C@H]1[C@@H]3C[C@H]4CN(Cc5ccc(Cl)cc5)O[C@@]4(C(=O)OCCl)[C@@]3(C)C[C@H](O)[C@@]12F. The predicted molar refractivity (Wildman–Crippen MR) is 140 cm³/mol. The molecule has 10 heteroatoms. The number of allylic oxidation sites excluding steroid dienone is 4. The van der Waals surface area contributed by atoms with Crippen molar-refractivity contribution in [3.8, 4) is 0 Å². The molecule has 1 aromatic rings. The summed E-state index contributed by atoms with van der Waals surface area (Å²) in [6.45, 7) is 4.12. The normalized spacial score (nSPS) is 44.7. The van der Waals surface area contributed by atoms with Crippen LogP contribution >= 0.6 is 23.2 Å². The second-order valence-corrected chi connectivity index (χ2v) is 12.8. The van der Waals surface area contributed by atoms with Crippen LogP contribution in [0.25, 0.3) is 0 Å². The Morgan fingerprint density at radius 2 is 1.95 bits per heavy atom. The molecule has 1 aromatic carbocycles. The van der Waals surface area contributed by atoms with Crippen LogP contribution in [0.4, 0.5) is 8.78 Å². The average Bonchev–Trinajstić information content (AvgIpc) is 3.36. The third-order valence-electron chi connectivity index (χ3n) is 10.4. The van der Waals surface area contributed by atoms with Crippen molar-refractivity contribution in [3.63, 3.8) is 0 Å². The van der Waals surface area contributed by atoms with Crippen LogP contribution in [0.15, 0.2) is 48.1 Å². The fraction of sp³-hybridized carbons (Fsp3) is 0.586. The summed E-state index contributed by atoms with van der Waals surface area (Å²) < 4.78 is 38.5. The average molecular weight is 582 g/mol. The van der Waals surface area contributed by atoms with Crippen LogP contribution in [0.3, 0.4) is 0 Å². The largest absolute Gasteiger partial charge is 0.447 e. The summed E-state index contributed by atoms with van der Waals surface area (Å²) in [6, 6.07) is 6.90. The lowest BCUT2D eigenvalue weighted by Gasteiger charge is -2.63. The van der Waals surface area contributed by atoms with E-state index in [1.807, 2.05) is 19.1 Å². The van der Waals surface area contributed by atoms with Gasteiger partial charge in [-0.3, -0.25) is 9.63 Å². The Balaban J connectivity index is 1.40. The van der Waals surface area contributed by atoms with E-state index in [1.54, 1.807) is 24.1 Å². The fourth-order valence-corrected chi connectivity index (χ4v) is 8.93. The van der Waals surface area contributed by atoms with E-state index in [4.69, 9.17) is 32.8 Å². The van der Waals surface area contributed by atoms with Crippen molar-refractivity contribution in [1.82, 2.24) is 5.06 Å².